The van der Waals surface area contributed by atoms with Crippen LogP contribution < -0.4 is 4.90 Å². The molecule has 0 aliphatic carbocycles. The second-order valence-electron chi connectivity index (χ2n) is 4.14. The lowest BCUT2D eigenvalue weighted by molar-refractivity contribution is 0.570. The fourth-order valence-corrected chi connectivity index (χ4v) is 2.98. The summed E-state index contributed by atoms with van der Waals surface area (Å²) in [5, 5.41) is 2.40. The Morgan fingerprint density at radius 2 is 1.95 bits per heavy atom. The largest absolute Gasteiger partial charge is 0.362 e. The van der Waals surface area contributed by atoms with E-state index in [1.165, 1.54) is 12.1 Å². The summed E-state index contributed by atoms with van der Waals surface area (Å²) in [4.78, 5) is 2.80. The standard InChI is InChI=1S/C14H14BrF2NS/c1-2-18(9-11-4-3-5-19-11)14-12(16)6-10(8-15)7-13(14)17/h3-7H,2,8-9H2,1H3. The molecule has 0 amide bonds. The lowest BCUT2D eigenvalue weighted by atomic mass is 10.2. The Morgan fingerprint density at radius 1 is 1.26 bits per heavy atom. The average molecular weight is 346 g/mol. The molecule has 0 unspecified atom stereocenters. The van der Waals surface area contributed by atoms with E-state index in [1.807, 2.05) is 24.4 Å². The highest BCUT2D eigenvalue weighted by molar-refractivity contribution is 9.08. The molecule has 19 heavy (non-hydrogen) atoms. The molecule has 0 aliphatic rings. The van der Waals surface area contributed by atoms with E-state index in [0.29, 0.717) is 24.0 Å². The SMILES string of the molecule is CCN(Cc1cccs1)c1c(F)cc(CBr)cc1F. The zero-order valence-electron chi connectivity index (χ0n) is 10.5. The summed E-state index contributed by atoms with van der Waals surface area (Å²) < 4.78 is 28.1. The Morgan fingerprint density at radius 3 is 2.42 bits per heavy atom. The monoisotopic (exact) mass is 345 g/mol. The van der Waals surface area contributed by atoms with Crippen LogP contribution in [0.5, 0.6) is 0 Å². The lowest BCUT2D eigenvalue weighted by Gasteiger charge is -2.23. The molecule has 0 bridgehead atoms. The maximum Gasteiger partial charge on any atom is 0.149 e. The van der Waals surface area contributed by atoms with Gasteiger partial charge in [0.25, 0.3) is 0 Å². The van der Waals surface area contributed by atoms with Gasteiger partial charge in [0.15, 0.2) is 0 Å². The number of anilines is 1. The zero-order valence-corrected chi connectivity index (χ0v) is 12.9. The second-order valence-corrected chi connectivity index (χ2v) is 5.73. The van der Waals surface area contributed by atoms with Crippen molar-refractivity contribution in [2.75, 3.05) is 11.4 Å². The predicted molar refractivity (Wildman–Crippen MR) is 80.0 cm³/mol. The fraction of sp³-hybridized carbons (Fsp3) is 0.286. The Kier molecular flexibility index (Phi) is 4.93. The third-order valence-electron chi connectivity index (χ3n) is 2.86. The van der Waals surface area contributed by atoms with E-state index in [9.17, 15) is 8.78 Å². The van der Waals surface area contributed by atoms with Crippen molar-refractivity contribution in [3.05, 3.63) is 51.7 Å². The Hall–Kier alpha value is -0.940. The van der Waals surface area contributed by atoms with Crippen molar-refractivity contribution < 1.29 is 8.78 Å². The van der Waals surface area contributed by atoms with Crippen LogP contribution in [0.2, 0.25) is 0 Å². The molecule has 0 atom stereocenters. The molecule has 1 heterocycles. The molecule has 0 radical (unpaired) electrons. The fourth-order valence-electron chi connectivity index (χ4n) is 1.94. The summed E-state index contributed by atoms with van der Waals surface area (Å²) in [6, 6.07) is 6.67. The third-order valence-corrected chi connectivity index (χ3v) is 4.36. The van der Waals surface area contributed by atoms with Crippen molar-refractivity contribution in [1.29, 1.82) is 0 Å². The summed E-state index contributed by atoms with van der Waals surface area (Å²) in [5.74, 6) is -1.01. The zero-order chi connectivity index (χ0) is 13.8. The van der Waals surface area contributed by atoms with Crippen molar-refractivity contribution in [3.63, 3.8) is 0 Å². The molecule has 1 aromatic carbocycles. The molecular formula is C14H14BrF2NS. The van der Waals surface area contributed by atoms with Gasteiger partial charge in [-0.3, -0.25) is 0 Å². The van der Waals surface area contributed by atoms with Gasteiger partial charge in [-0.1, -0.05) is 22.0 Å². The molecule has 5 heteroatoms. The van der Waals surface area contributed by atoms with Gasteiger partial charge in [0.2, 0.25) is 0 Å². The average Bonchev–Trinajstić information content (AvgIpc) is 2.89. The molecule has 0 N–H and O–H groups in total. The summed E-state index contributed by atoms with van der Waals surface area (Å²) in [6.45, 7) is 2.97. The van der Waals surface area contributed by atoms with Crippen molar-refractivity contribution in [3.8, 4) is 0 Å². The summed E-state index contributed by atoms with van der Waals surface area (Å²) in [7, 11) is 0. The molecule has 1 nitrogen and oxygen atoms in total. The van der Waals surface area contributed by atoms with E-state index in [4.69, 9.17) is 0 Å². The molecule has 1 aromatic heterocycles. The van der Waals surface area contributed by atoms with Gasteiger partial charge in [-0.25, -0.2) is 8.78 Å². The van der Waals surface area contributed by atoms with E-state index in [-0.39, 0.29) is 5.69 Å². The first-order valence-corrected chi connectivity index (χ1v) is 7.97. The third kappa shape index (κ3) is 3.34. The van der Waals surface area contributed by atoms with Crippen LogP contribution in [0.1, 0.15) is 17.4 Å². The maximum absolute atomic E-state index is 14.1. The van der Waals surface area contributed by atoms with Crippen LogP contribution in [0.15, 0.2) is 29.6 Å². The van der Waals surface area contributed by atoms with Gasteiger partial charge in [0.1, 0.15) is 17.3 Å². The number of nitrogens with zero attached hydrogens (tertiary/aromatic N) is 1. The van der Waals surface area contributed by atoms with Crippen LogP contribution >= 0.6 is 27.3 Å². The van der Waals surface area contributed by atoms with E-state index < -0.39 is 11.6 Å². The molecule has 2 aromatic rings. The molecule has 0 aliphatic heterocycles. The van der Waals surface area contributed by atoms with Gasteiger partial charge in [-0.2, -0.15) is 0 Å². The summed E-state index contributed by atoms with van der Waals surface area (Å²) in [6.07, 6.45) is 0. The van der Waals surface area contributed by atoms with E-state index in [2.05, 4.69) is 15.9 Å². The molecule has 0 fully saturated rings. The first-order valence-electron chi connectivity index (χ1n) is 5.97. The van der Waals surface area contributed by atoms with E-state index in [0.717, 1.165) is 4.88 Å². The van der Waals surface area contributed by atoms with Gasteiger partial charge in [0, 0.05) is 16.8 Å². The summed E-state index contributed by atoms with van der Waals surface area (Å²) >= 11 is 4.79. The number of hydrogen-bond donors (Lipinski definition) is 0. The second kappa shape index (κ2) is 6.48. The van der Waals surface area contributed by atoms with Crippen molar-refractivity contribution >= 4 is 33.0 Å². The van der Waals surface area contributed by atoms with Crippen molar-refractivity contribution in [2.45, 2.75) is 18.8 Å². The molecule has 0 saturated carbocycles. The topological polar surface area (TPSA) is 3.24 Å². The molecule has 102 valence electrons. The van der Waals surface area contributed by atoms with Gasteiger partial charge in [0.05, 0.1) is 6.54 Å². The van der Waals surface area contributed by atoms with Crippen LogP contribution in [0, 0.1) is 11.6 Å². The molecule has 2 rings (SSSR count). The number of hydrogen-bond acceptors (Lipinski definition) is 2. The highest BCUT2D eigenvalue weighted by Gasteiger charge is 2.17. The maximum atomic E-state index is 14.1. The van der Waals surface area contributed by atoms with Gasteiger partial charge in [-0.05, 0) is 36.1 Å². The first kappa shape index (κ1) is 14.5. The minimum absolute atomic E-state index is 0.0561. The Balaban J connectivity index is 2.32. The minimum Gasteiger partial charge on any atom is -0.362 e. The van der Waals surface area contributed by atoms with Crippen LogP contribution in [0.4, 0.5) is 14.5 Å². The molecule has 0 saturated heterocycles. The number of alkyl halides is 1. The normalized spacial score (nSPS) is 10.7. The first-order chi connectivity index (χ1) is 9.15. The number of thiophene rings is 1. The predicted octanol–water partition coefficient (Wildman–Crippen LogP) is 4.95. The van der Waals surface area contributed by atoms with Gasteiger partial charge < -0.3 is 4.90 Å². The van der Waals surface area contributed by atoms with Crippen LogP contribution in [0.3, 0.4) is 0 Å². The van der Waals surface area contributed by atoms with Gasteiger partial charge in [-0.15, -0.1) is 11.3 Å². The quantitative estimate of drug-likeness (QED) is 0.693. The highest BCUT2D eigenvalue weighted by Crippen LogP contribution is 2.27. The highest BCUT2D eigenvalue weighted by atomic mass is 79.9. The Labute approximate surface area is 124 Å². The smallest absolute Gasteiger partial charge is 0.149 e. The lowest BCUT2D eigenvalue weighted by Crippen LogP contribution is -2.24. The van der Waals surface area contributed by atoms with E-state index >= 15 is 0 Å². The molecular weight excluding hydrogens is 332 g/mol. The van der Waals surface area contributed by atoms with Crippen molar-refractivity contribution in [2.24, 2.45) is 0 Å². The Bertz CT molecular complexity index is 519. The van der Waals surface area contributed by atoms with Gasteiger partial charge >= 0.3 is 0 Å². The number of halogens is 3. The van der Waals surface area contributed by atoms with Crippen LogP contribution in [0.25, 0.3) is 0 Å². The summed E-state index contributed by atoms with van der Waals surface area (Å²) in [5.41, 5.74) is 0.659. The minimum atomic E-state index is -0.507. The number of rotatable bonds is 5. The number of benzene rings is 1. The van der Waals surface area contributed by atoms with E-state index in [1.54, 1.807) is 16.2 Å². The van der Waals surface area contributed by atoms with Crippen molar-refractivity contribution in [1.82, 2.24) is 0 Å². The molecule has 0 spiro atoms. The van der Waals surface area contributed by atoms with Crippen LogP contribution in [-0.2, 0) is 11.9 Å². The van der Waals surface area contributed by atoms with Crippen LogP contribution in [-0.4, -0.2) is 6.54 Å².